The minimum absolute atomic E-state index is 0.0130. The van der Waals surface area contributed by atoms with Crippen LogP contribution in [0.4, 0.5) is 0 Å². The standard InChI is InChI=1S/C10H20O2/c1-4-5-8(2)10(11)6-7-12-9(10)3/h8-9,11H,4-7H2,1-3H3. The van der Waals surface area contributed by atoms with Gasteiger partial charge in [0.15, 0.2) is 0 Å². The van der Waals surface area contributed by atoms with Crippen LogP contribution in [0.5, 0.6) is 0 Å². The third-order valence-corrected chi connectivity index (χ3v) is 3.15. The topological polar surface area (TPSA) is 29.5 Å². The van der Waals surface area contributed by atoms with Crippen molar-refractivity contribution in [2.45, 2.75) is 51.7 Å². The molecular formula is C10H20O2. The molecule has 2 nitrogen and oxygen atoms in total. The molecule has 1 N–H and O–H groups in total. The van der Waals surface area contributed by atoms with Gasteiger partial charge in [-0.2, -0.15) is 0 Å². The van der Waals surface area contributed by atoms with Crippen molar-refractivity contribution in [1.29, 1.82) is 0 Å². The second-order valence-electron chi connectivity index (χ2n) is 3.94. The lowest BCUT2D eigenvalue weighted by molar-refractivity contribution is -0.0664. The molecule has 0 amide bonds. The molecule has 0 saturated carbocycles. The predicted octanol–water partition coefficient (Wildman–Crippen LogP) is 1.96. The van der Waals surface area contributed by atoms with Crippen molar-refractivity contribution in [3.8, 4) is 0 Å². The van der Waals surface area contributed by atoms with E-state index < -0.39 is 5.60 Å². The zero-order valence-electron chi connectivity index (χ0n) is 8.34. The van der Waals surface area contributed by atoms with Gasteiger partial charge in [0.2, 0.25) is 0 Å². The van der Waals surface area contributed by atoms with Crippen molar-refractivity contribution in [1.82, 2.24) is 0 Å². The van der Waals surface area contributed by atoms with Crippen molar-refractivity contribution >= 4 is 0 Å². The van der Waals surface area contributed by atoms with E-state index in [1.54, 1.807) is 0 Å². The van der Waals surface area contributed by atoms with Crippen LogP contribution in [0, 0.1) is 5.92 Å². The Bertz CT molecular complexity index is 147. The fourth-order valence-electron chi connectivity index (χ4n) is 2.08. The summed E-state index contributed by atoms with van der Waals surface area (Å²) in [5.41, 5.74) is -0.560. The first-order chi connectivity index (χ1) is 5.61. The highest BCUT2D eigenvalue weighted by Gasteiger charge is 2.43. The normalized spacial score (nSPS) is 38.5. The molecule has 1 saturated heterocycles. The van der Waals surface area contributed by atoms with Gasteiger partial charge in [-0.3, -0.25) is 0 Å². The lowest BCUT2D eigenvalue weighted by Gasteiger charge is -2.32. The molecule has 1 aliphatic rings. The molecule has 72 valence electrons. The molecule has 0 aliphatic carbocycles. The van der Waals surface area contributed by atoms with Crippen LogP contribution in [0.25, 0.3) is 0 Å². The van der Waals surface area contributed by atoms with Crippen LogP contribution in [0.3, 0.4) is 0 Å². The Morgan fingerprint density at radius 3 is 2.75 bits per heavy atom. The van der Waals surface area contributed by atoms with Crippen molar-refractivity contribution < 1.29 is 9.84 Å². The highest BCUT2D eigenvalue weighted by molar-refractivity contribution is 4.93. The van der Waals surface area contributed by atoms with E-state index in [9.17, 15) is 5.11 Å². The van der Waals surface area contributed by atoms with Gasteiger partial charge in [-0.25, -0.2) is 0 Å². The van der Waals surface area contributed by atoms with E-state index in [2.05, 4.69) is 13.8 Å². The Morgan fingerprint density at radius 1 is 1.67 bits per heavy atom. The van der Waals surface area contributed by atoms with Crippen LogP contribution >= 0.6 is 0 Å². The molecule has 3 atom stereocenters. The summed E-state index contributed by atoms with van der Waals surface area (Å²) >= 11 is 0. The molecule has 1 aliphatic heterocycles. The smallest absolute Gasteiger partial charge is 0.0952 e. The Balaban J connectivity index is 2.56. The summed E-state index contributed by atoms with van der Waals surface area (Å²) in [5.74, 6) is 0.361. The average molecular weight is 172 g/mol. The third-order valence-electron chi connectivity index (χ3n) is 3.15. The van der Waals surface area contributed by atoms with Gasteiger partial charge >= 0.3 is 0 Å². The Hall–Kier alpha value is -0.0800. The van der Waals surface area contributed by atoms with E-state index in [1.165, 1.54) is 0 Å². The maximum absolute atomic E-state index is 10.2. The molecule has 1 rings (SSSR count). The number of rotatable bonds is 3. The molecule has 0 aromatic carbocycles. The van der Waals surface area contributed by atoms with E-state index in [-0.39, 0.29) is 6.10 Å². The molecular weight excluding hydrogens is 152 g/mol. The van der Waals surface area contributed by atoms with Gasteiger partial charge in [0.25, 0.3) is 0 Å². The van der Waals surface area contributed by atoms with E-state index in [0.717, 1.165) is 19.3 Å². The van der Waals surface area contributed by atoms with Crippen LogP contribution in [-0.2, 0) is 4.74 Å². The molecule has 0 radical (unpaired) electrons. The number of ether oxygens (including phenoxy) is 1. The highest BCUT2D eigenvalue weighted by atomic mass is 16.5. The summed E-state index contributed by atoms with van der Waals surface area (Å²) < 4.78 is 5.39. The van der Waals surface area contributed by atoms with Crippen molar-refractivity contribution in [3.05, 3.63) is 0 Å². The van der Waals surface area contributed by atoms with Gasteiger partial charge < -0.3 is 9.84 Å². The summed E-state index contributed by atoms with van der Waals surface area (Å²) in [6, 6.07) is 0. The van der Waals surface area contributed by atoms with E-state index in [0.29, 0.717) is 12.5 Å². The first-order valence-corrected chi connectivity index (χ1v) is 4.95. The van der Waals surface area contributed by atoms with Gasteiger partial charge in [-0.1, -0.05) is 20.3 Å². The fourth-order valence-corrected chi connectivity index (χ4v) is 2.08. The maximum Gasteiger partial charge on any atom is 0.0952 e. The highest BCUT2D eigenvalue weighted by Crippen LogP contribution is 2.34. The van der Waals surface area contributed by atoms with E-state index in [4.69, 9.17) is 4.74 Å². The summed E-state index contributed by atoms with van der Waals surface area (Å²) in [6.45, 7) is 6.96. The zero-order valence-corrected chi connectivity index (χ0v) is 8.34. The summed E-state index contributed by atoms with van der Waals surface area (Å²) in [5, 5.41) is 10.2. The van der Waals surface area contributed by atoms with Crippen molar-refractivity contribution in [2.75, 3.05) is 6.61 Å². The lowest BCUT2D eigenvalue weighted by atomic mass is 9.81. The van der Waals surface area contributed by atoms with Crippen molar-refractivity contribution in [2.24, 2.45) is 5.92 Å². The van der Waals surface area contributed by atoms with Gasteiger partial charge in [0.05, 0.1) is 11.7 Å². The van der Waals surface area contributed by atoms with Crippen LogP contribution in [0.2, 0.25) is 0 Å². The monoisotopic (exact) mass is 172 g/mol. The van der Waals surface area contributed by atoms with Crippen molar-refractivity contribution in [3.63, 3.8) is 0 Å². The van der Waals surface area contributed by atoms with Crippen LogP contribution < -0.4 is 0 Å². The molecule has 0 bridgehead atoms. The SMILES string of the molecule is CCCC(C)C1(O)CCOC1C. The molecule has 1 fully saturated rings. The van der Waals surface area contributed by atoms with E-state index >= 15 is 0 Å². The summed E-state index contributed by atoms with van der Waals surface area (Å²) in [6.07, 6.45) is 3.04. The predicted molar refractivity (Wildman–Crippen MR) is 49.1 cm³/mol. The second kappa shape index (κ2) is 3.75. The van der Waals surface area contributed by atoms with Gasteiger partial charge in [0.1, 0.15) is 0 Å². The Kier molecular flexibility index (Phi) is 3.13. The number of hydrogen-bond acceptors (Lipinski definition) is 2. The summed E-state index contributed by atoms with van der Waals surface area (Å²) in [7, 11) is 0. The van der Waals surface area contributed by atoms with Gasteiger partial charge in [0, 0.05) is 13.0 Å². The Labute approximate surface area is 74.9 Å². The first kappa shape index (κ1) is 10.0. The van der Waals surface area contributed by atoms with Crippen LogP contribution in [0.1, 0.15) is 40.0 Å². The molecule has 0 aromatic rings. The zero-order chi connectivity index (χ0) is 9.19. The number of hydrogen-bond donors (Lipinski definition) is 1. The molecule has 2 heteroatoms. The third kappa shape index (κ3) is 1.64. The molecule has 3 unspecified atom stereocenters. The fraction of sp³-hybridized carbons (Fsp3) is 1.00. The lowest BCUT2D eigenvalue weighted by Crippen LogP contribution is -2.42. The van der Waals surface area contributed by atoms with Gasteiger partial charge in [-0.15, -0.1) is 0 Å². The minimum Gasteiger partial charge on any atom is -0.387 e. The molecule has 0 spiro atoms. The minimum atomic E-state index is -0.560. The Morgan fingerprint density at radius 2 is 2.33 bits per heavy atom. The molecule has 1 heterocycles. The molecule has 12 heavy (non-hydrogen) atoms. The number of aliphatic hydroxyl groups is 1. The van der Waals surface area contributed by atoms with Crippen LogP contribution in [0.15, 0.2) is 0 Å². The van der Waals surface area contributed by atoms with Crippen LogP contribution in [-0.4, -0.2) is 23.4 Å². The second-order valence-corrected chi connectivity index (χ2v) is 3.94. The molecule has 0 aromatic heterocycles. The largest absolute Gasteiger partial charge is 0.387 e. The van der Waals surface area contributed by atoms with Gasteiger partial charge in [-0.05, 0) is 19.3 Å². The average Bonchev–Trinajstić information content (AvgIpc) is 2.34. The van der Waals surface area contributed by atoms with E-state index in [1.807, 2.05) is 6.92 Å². The maximum atomic E-state index is 10.2. The quantitative estimate of drug-likeness (QED) is 0.705. The summed E-state index contributed by atoms with van der Waals surface area (Å²) in [4.78, 5) is 0. The first-order valence-electron chi connectivity index (χ1n) is 4.95.